The normalized spacial score (nSPS) is 12.8. The Morgan fingerprint density at radius 2 is 1.66 bits per heavy atom. The number of rotatable bonds is 9. The van der Waals surface area contributed by atoms with Gasteiger partial charge in [0.1, 0.15) is 10.3 Å². The number of aromatic amines is 1. The quantitative estimate of drug-likeness (QED) is 0.194. The summed E-state index contributed by atoms with van der Waals surface area (Å²) in [5, 5.41) is 3.92. The van der Waals surface area contributed by atoms with Crippen LogP contribution in [-0.4, -0.2) is 31.9 Å². The third kappa shape index (κ3) is 7.14. The summed E-state index contributed by atoms with van der Waals surface area (Å²) in [7, 11) is -3.99. The molecule has 0 bridgehead atoms. The molecule has 1 amide bonds. The van der Waals surface area contributed by atoms with E-state index in [-0.39, 0.29) is 22.5 Å². The maximum absolute atomic E-state index is 13.5. The zero-order chi connectivity index (χ0) is 28.8. The van der Waals surface area contributed by atoms with Gasteiger partial charge in [-0.2, -0.15) is 4.72 Å². The Hall–Kier alpha value is -4.16. The Balaban J connectivity index is 1.35. The molecule has 41 heavy (non-hydrogen) atoms. The van der Waals surface area contributed by atoms with Crippen LogP contribution in [0.2, 0.25) is 0 Å². The van der Waals surface area contributed by atoms with Crippen LogP contribution >= 0.6 is 11.3 Å². The van der Waals surface area contributed by atoms with Crippen LogP contribution in [0.3, 0.4) is 0 Å². The topological polar surface area (TPSA) is 91.1 Å². The highest BCUT2D eigenvalue weighted by Crippen LogP contribution is 2.23. The standard InChI is InChI=1S/C33H31N3O3S2/c1-23-12-14-25(15-13-23)16-17-28-18-19-32(40-28)41(38,39)36-31(20-27-22-34-30-11-7-6-10-29(27)30)33(37)35-21-24(2)26-8-4-3-5-9-26/h3-15,18-19,22,24,31,34,36H,20-21H2,1-2H3,(H,35,37)/t24-,31?/m0/s1. The van der Waals surface area contributed by atoms with E-state index < -0.39 is 16.1 Å². The van der Waals surface area contributed by atoms with Gasteiger partial charge in [-0.15, -0.1) is 11.3 Å². The zero-order valence-electron chi connectivity index (χ0n) is 22.8. The third-order valence-corrected chi connectivity index (χ3v) is 9.86. The minimum atomic E-state index is -3.99. The van der Waals surface area contributed by atoms with Crippen molar-refractivity contribution in [2.45, 2.75) is 36.4 Å². The Morgan fingerprint density at radius 3 is 2.44 bits per heavy atom. The van der Waals surface area contributed by atoms with E-state index in [0.717, 1.165) is 44.5 Å². The number of carbonyl (C=O) groups is 1. The van der Waals surface area contributed by atoms with Crippen molar-refractivity contribution in [3.8, 4) is 11.8 Å². The molecule has 0 saturated carbocycles. The number of nitrogens with one attached hydrogen (secondary N) is 3. The van der Waals surface area contributed by atoms with E-state index in [2.05, 4.69) is 26.9 Å². The van der Waals surface area contributed by atoms with Gasteiger partial charge >= 0.3 is 0 Å². The maximum Gasteiger partial charge on any atom is 0.250 e. The van der Waals surface area contributed by atoms with E-state index in [1.54, 1.807) is 6.07 Å². The average Bonchev–Trinajstić information content (AvgIpc) is 3.64. The van der Waals surface area contributed by atoms with E-state index in [1.165, 1.54) is 6.07 Å². The third-order valence-electron chi connectivity index (χ3n) is 6.89. The molecule has 0 saturated heterocycles. The summed E-state index contributed by atoms with van der Waals surface area (Å²) in [5.74, 6) is 5.81. The number of aryl methyl sites for hydroxylation is 1. The summed E-state index contributed by atoms with van der Waals surface area (Å²) in [6.07, 6.45) is 2.02. The fourth-order valence-electron chi connectivity index (χ4n) is 4.53. The van der Waals surface area contributed by atoms with Crippen molar-refractivity contribution in [3.63, 3.8) is 0 Å². The van der Waals surface area contributed by atoms with Gasteiger partial charge in [-0.1, -0.05) is 85.0 Å². The second kappa shape index (κ2) is 12.6. The monoisotopic (exact) mass is 581 g/mol. The minimum absolute atomic E-state index is 0.0671. The summed E-state index contributed by atoms with van der Waals surface area (Å²) in [4.78, 5) is 17.3. The number of carbonyl (C=O) groups excluding carboxylic acids is 1. The number of thiophene rings is 1. The second-order valence-corrected chi connectivity index (χ2v) is 13.1. The molecule has 1 unspecified atom stereocenters. The summed E-state index contributed by atoms with van der Waals surface area (Å²) < 4.78 is 29.8. The van der Waals surface area contributed by atoms with Crippen LogP contribution in [0.15, 0.2) is 101 Å². The number of benzene rings is 3. The number of hydrogen-bond acceptors (Lipinski definition) is 4. The highest BCUT2D eigenvalue weighted by atomic mass is 32.2. The molecule has 8 heteroatoms. The Kier molecular flexibility index (Phi) is 8.70. The molecular weight excluding hydrogens is 551 g/mol. The molecule has 0 aliphatic rings. The molecule has 5 rings (SSSR count). The summed E-state index contributed by atoms with van der Waals surface area (Å²) in [5.41, 5.74) is 4.88. The van der Waals surface area contributed by atoms with E-state index in [0.29, 0.717) is 11.4 Å². The van der Waals surface area contributed by atoms with Gasteiger partial charge in [0, 0.05) is 29.2 Å². The molecule has 0 aliphatic carbocycles. The van der Waals surface area contributed by atoms with Crippen molar-refractivity contribution >= 4 is 38.2 Å². The maximum atomic E-state index is 13.5. The molecule has 5 aromatic rings. The molecule has 2 aromatic heterocycles. The van der Waals surface area contributed by atoms with Gasteiger partial charge in [0.15, 0.2) is 0 Å². The number of sulfonamides is 1. The highest BCUT2D eigenvalue weighted by Gasteiger charge is 2.28. The Morgan fingerprint density at radius 1 is 0.927 bits per heavy atom. The number of para-hydroxylation sites is 1. The first-order valence-electron chi connectivity index (χ1n) is 13.4. The number of amides is 1. The molecule has 0 aliphatic heterocycles. The van der Waals surface area contributed by atoms with Crippen LogP contribution < -0.4 is 10.0 Å². The smallest absolute Gasteiger partial charge is 0.250 e. The van der Waals surface area contributed by atoms with Crippen molar-refractivity contribution in [2.75, 3.05) is 6.54 Å². The minimum Gasteiger partial charge on any atom is -0.361 e. The van der Waals surface area contributed by atoms with Gasteiger partial charge < -0.3 is 10.3 Å². The summed E-state index contributed by atoms with van der Waals surface area (Å²) >= 11 is 1.08. The number of aromatic nitrogens is 1. The van der Waals surface area contributed by atoms with Crippen LogP contribution in [-0.2, 0) is 21.2 Å². The second-order valence-electron chi connectivity index (χ2n) is 10.0. The van der Waals surface area contributed by atoms with Crippen LogP contribution in [0.5, 0.6) is 0 Å². The summed E-state index contributed by atoms with van der Waals surface area (Å²) in [6, 6.07) is 27.7. The molecule has 0 spiro atoms. The number of hydrogen-bond donors (Lipinski definition) is 3. The van der Waals surface area contributed by atoms with Gasteiger partial charge in [-0.3, -0.25) is 4.79 Å². The molecular formula is C33H31N3O3S2. The average molecular weight is 582 g/mol. The lowest BCUT2D eigenvalue weighted by Crippen LogP contribution is -2.48. The van der Waals surface area contributed by atoms with Crippen molar-refractivity contribution < 1.29 is 13.2 Å². The molecule has 6 nitrogen and oxygen atoms in total. The first-order valence-corrected chi connectivity index (χ1v) is 15.7. The fraction of sp³-hybridized carbons (Fsp3) is 0.182. The van der Waals surface area contributed by atoms with Crippen LogP contribution in [0.1, 0.15) is 40.0 Å². The molecule has 2 heterocycles. The predicted octanol–water partition coefficient (Wildman–Crippen LogP) is 5.75. The largest absolute Gasteiger partial charge is 0.361 e. The number of fused-ring (bicyclic) bond motifs is 1. The van der Waals surface area contributed by atoms with Crippen molar-refractivity contribution in [1.82, 2.24) is 15.0 Å². The van der Waals surface area contributed by atoms with Crippen LogP contribution in [0.4, 0.5) is 0 Å². The Labute approximate surface area is 244 Å². The lowest BCUT2D eigenvalue weighted by molar-refractivity contribution is -0.122. The molecule has 0 radical (unpaired) electrons. The number of H-pyrrole nitrogens is 1. The van der Waals surface area contributed by atoms with E-state index >= 15 is 0 Å². The molecule has 3 aromatic carbocycles. The predicted molar refractivity (Wildman–Crippen MR) is 165 cm³/mol. The molecule has 208 valence electrons. The van der Waals surface area contributed by atoms with Crippen LogP contribution in [0, 0.1) is 18.8 Å². The van der Waals surface area contributed by atoms with Gasteiger partial charge in [0.2, 0.25) is 5.91 Å². The van der Waals surface area contributed by atoms with E-state index in [9.17, 15) is 13.2 Å². The highest BCUT2D eigenvalue weighted by molar-refractivity contribution is 7.91. The Bertz CT molecular complexity index is 1810. The van der Waals surface area contributed by atoms with Gasteiger partial charge in [-0.05, 0) is 60.7 Å². The first-order chi connectivity index (χ1) is 19.8. The first kappa shape index (κ1) is 28.4. The van der Waals surface area contributed by atoms with Gasteiger partial charge in [0.05, 0.1) is 4.88 Å². The lowest BCUT2D eigenvalue weighted by atomic mass is 10.0. The van der Waals surface area contributed by atoms with Gasteiger partial charge in [-0.25, -0.2) is 8.42 Å². The lowest BCUT2D eigenvalue weighted by Gasteiger charge is -2.20. The van der Waals surface area contributed by atoms with E-state index in [1.807, 2.05) is 98.9 Å². The van der Waals surface area contributed by atoms with Gasteiger partial charge in [0.25, 0.3) is 10.0 Å². The molecule has 3 N–H and O–H groups in total. The van der Waals surface area contributed by atoms with Crippen molar-refractivity contribution in [1.29, 1.82) is 0 Å². The van der Waals surface area contributed by atoms with E-state index in [4.69, 9.17) is 0 Å². The van der Waals surface area contributed by atoms with Crippen LogP contribution in [0.25, 0.3) is 10.9 Å². The van der Waals surface area contributed by atoms with Crippen molar-refractivity contribution in [3.05, 3.63) is 124 Å². The summed E-state index contributed by atoms with van der Waals surface area (Å²) in [6.45, 7) is 4.42. The SMILES string of the molecule is Cc1ccc(C#Cc2ccc(S(=O)(=O)NC(Cc3c[nH]c4ccccc34)C(=O)NC[C@H](C)c3ccccc3)s2)cc1. The zero-order valence-corrected chi connectivity index (χ0v) is 24.5. The molecule has 2 atom stereocenters. The molecule has 0 fully saturated rings. The fourth-order valence-corrected chi connectivity index (χ4v) is 6.90. The van der Waals surface area contributed by atoms with Crippen molar-refractivity contribution in [2.24, 2.45) is 0 Å².